The minimum absolute atomic E-state index is 0.634. The number of benzene rings is 1. The van der Waals surface area contributed by atoms with E-state index in [0.717, 1.165) is 24.9 Å². The Morgan fingerprint density at radius 3 is 0.929 bits per heavy atom. The van der Waals surface area contributed by atoms with Crippen LogP contribution in [0.25, 0.3) is 72.1 Å². The number of hydrogen-bond donors (Lipinski definition) is 0. The molecule has 4 atom stereocenters. The van der Waals surface area contributed by atoms with E-state index < -0.39 is 0 Å². The summed E-state index contributed by atoms with van der Waals surface area (Å²) in [6, 6.07) is 0. The van der Waals surface area contributed by atoms with Crippen molar-refractivity contribution in [3.8, 4) is 0 Å². The van der Waals surface area contributed by atoms with Crippen molar-refractivity contribution in [3.05, 3.63) is 21.9 Å². The van der Waals surface area contributed by atoms with E-state index in [1.807, 2.05) is 0 Å². The van der Waals surface area contributed by atoms with Gasteiger partial charge in [0.2, 0.25) is 0 Å². The lowest BCUT2D eigenvalue weighted by molar-refractivity contribution is 0.398. The van der Waals surface area contributed by atoms with Crippen LogP contribution in [0.1, 0.15) is 330 Å². The van der Waals surface area contributed by atoms with Crippen LogP contribution in [0.4, 0.5) is 0 Å². The molecule has 0 amide bonds. The highest BCUT2D eigenvalue weighted by atomic mass is 32.1. The molecule has 0 aliphatic carbocycles. The van der Waals surface area contributed by atoms with E-state index in [-0.39, 0.29) is 0 Å². The van der Waals surface area contributed by atoms with Gasteiger partial charge in [0.15, 0.2) is 0 Å². The molecule has 8 rings (SSSR count). The number of rotatable bonds is 49. The monoisotopic (exact) mass is 1240 g/mol. The van der Waals surface area contributed by atoms with Crippen molar-refractivity contribution in [2.45, 2.75) is 345 Å². The van der Waals surface area contributed by atoms with Crippen molar-refractivity contribution in [1.29, 1.82) is 0 Å². The normalized spacial score (nSPS) is 14.0. The summed E-state index contributed by atoms with van der Waals surface area (Å²) in [5.74, 6) is 2.82. The Bertz CT molecular complexity index is 3070. The van der Waals surface area contributed by atoms with Crippen molar-refractivity contribution >= 4 is 129 Å². The van der Waals surface area contributed by atoms with Gasteiger partial charge in [-0.3, -0.25) is 0 Å². The minimum Gasteiger partial charge on any atom is -0.337 e. The van der Waals surface area contributed by atoms with Gasteiger partial charge in [0.1, 0.15) is 11.0 Å². The predicted octanol–water partition coefficient (Wildman–Crippen LogP) is 28.2. The van der Waals surface area contributed by atoms with E-state index in [1.165, 1.54) is 341 Å². The van der Waals surface area contributed by atoms with Crippen molar-refractivity contribution in [3.63, 3.8) is 0 Å². The molecule has 7 heterocycles. The fourth-order valence-electron chi connectivity index (χ4n) is 14.9. The zero-order chi connectivity index (χ0) is 58.9. The van der Waals surface area contributed by atoms with Gasteiger partial charge in [0, 0.05) is 23.9 Å². The van der Waals surface area contributed by atoms with Gasteiger partial charge in [0.25, 0.3) is 0 Å². The molecule has 9 heteroatoms. The molecule has 470 valence electrons. The summed E-state index contributed by atoms with van der Waals surface area (Å²) >= 11 is 9.93. The van der Waals surface area contributed by atoms with E-state index >= 15 is 0 Å². The van der Waals surface area contributed by atoms with E-state index in [4.69, 9.17) is 8.75 Å². The van der Waals surface area contributed by atoms with E-state index in [9.17, 15) is 0 Å². The lowest BCUT2D eigenvalue weighted by Crippen LogP contribution is -2.13. The highest BCUT2D eigenvalue weighted by Crippen LogP contribution is 2.54. The summed E-state index contributed by atoms with van der Waals surface area (Å²) in [5, 5.41) is 8.10. The van der Waals surface area contributed by atoms with Crippen LogP contribution < -0.4 is 0 Å². The molecule has 4 nitrogen and oxygen atoms in total. The molecule has 0 bridgehead atoms. The average molecular weight is 1240 g/mol. The molecule has 8 aromatic rings. The zero-order valence-corrected chi connectivity index (χ0v) is 59.2. The van der Waals surface area contributed by atoms with E-state index in [2.05, 4.69) is 121 Å². The first-order chi connectivity index (χ1) is 41.4. The fraction of sp³-hybridized carbons (Fsp3) is 0.760. The number of nitrogens with zero attached hydrogens (tertiary/aromatic N) is 4. The standard InChI is InChI=1S/C75H120N4S5/c1-9-17-23-27-31-33-35-39-43-49-59(47-41-37-30-26-20-12-4)51-61-55-81-75-69-73(83-71(61)75)63-65-64(76-84-77-65)62-66(67(63)79(69)53-57(16-8)45-22-14-6)78(52-56(15-7)44-21-13-5)68-72(62)82-70-60(54-80-74(68)70)50-58(46-40-36-29-25-19-11-3)48-42-38-34-32-28-24-18-10-2/h54-59H,9-53H2,1-8H3. The summed E-state index contributed by atoms with van der Waals surface area (Å²) in [6.45, 7) is 21.3. The second-order valence-corrected chi connectivity index (χ2v) is 31.3. The van der Waals surface area contributed by atoms with Gasteiger partial charge in [-0.2, -0.15) is 8.75 Å². The van der Waals surface area contributed by atoms with Gasteiger partial charge < -0.3 is 9.13 Å². The highest BCUT2D eigenvalue weighted by molar-refractivity contribution is 7.34. The third kappa shape index (κ3) is 17.9. The van der Waals surface area contributed by atoms with Gasteiger partial charge in [-0.25, -0.2) is 0 Å². The fourth-order valence-corrected chi connectivity index (χ4v) is 20.9. The largest absolute Gasteiger partial charge is 0.337 e. The molecule has 0 radical (unpaired) electrons. The van der Waals surface area contributed by atoms with Crippen LogP contribution in [0.2, 0.25) is 0 Å². The zero-order valence-electron chi connectivity index (χ0n) is 55.1. The molecule has 0 aliphatic rings. The Labute approximate surface area is 533 Å². The third-order valence-electron chi connectivity index (χ3n) is 20.2. The number of aromatic nitrogens is 4. The SMILES string of the molecule is CCCCCCCCCCCC(CCCCCCCC)Cc1csc2c1sc1c3c4nsnc4c4c5sc6c(CC(CCCCCCCC)CCCCCCCCCC)csc6c5n(CC(CC)CCCC)c4c3n(CC(CC)CCCC)c21. The molecule has 0 spiro atoms. The summed E-state index contributed by atoms with van der Waals surface area (Å²) in [7, 11) is 0. The maximum absolute atomic E-state index is 5.44. The van der Waals surface area contributed by atoms with E-state index in [1.54, 1.807) is 29.9 Å². The van der Waals surface area contributed by atoms with Crippen LogP contribution in [0.3, 0.4) is 0 Å². The number of thiophene rings is 4. The molecule has 84 heavy (non-hydrogen) atoms. The first-order valence-corrected chi connectivity index (χ1v) is 40.5. The summed E-state index contributed by atoms with van der Waals surface area (Å²) < 4.78 is 26.0. The van der Waals surface area contributed by atoms with E-state index in [0.29, 0.717) is 11.8 Å². The molecule has 0 saturated carbocycles. The van der Waals surface area contributed by atoms with Gasteiger partial charge in [-0.05, 0) is 71.2 Å². The molecular formula is C75H120N4S5. The summed E-state index contributed by atoms with van der Waals surface area (Å²) in [6.07, 6.45) is 58.9. The van der Waals surface area contributed by atoms with Crippen LogP contribution in [-0.2, 0) is 25.9 Å². The Morgan fingerprint density at radius 1 is 0.321 bits per heavy atom. The Morgan fingerprint density at radius 2 is 0.619 bits per heavy atom. The minimum atomic E-state index is 0.634. The second kappa shape index (κ2) is 37.2. The quantitative estimate of drug-likeness (QED) is 0.0356. The summed E-state index contributed by atoms with van der Waals surface area (Å²) in [4.78, 5) is 0. The first kappa shape index (κ1) is 67.9. The van der Waals surface area contributed by atoms with Crippen LogP contribution >= 0.6 is 57.1 Å². The molecule has 7 aromatic heterocycles. The lowest BCUT2D eigenvalue weighted by atomic mass is 9.89. The smallest absolute Gasteiger partial charge is 0.116 e. The predicted molar refractivity (Wildman–Crippen MR) is 386 cm³/mol. The van der Waals surface area contributed by atoms with Crippen molar-refractivity contribution in [2.24, 2.45) is 23.7 Å². The van der Waals surface area contributed by atoms with Crippen molar-refractivity contribution < 1.29 is 0 Å². The lowest BCUT2D eigenvalue weighted by Gasteiger charge is -2.20. The van der Waals surface area contributed by atoms with Crippen molar-refractivity contribution in [1.82, 2.24) is 17.9 Å². The number of hydrogen-bond acceptors (Lipinski definition) is 7. The van der Waals surface area contributed by atoms with Crippen molar-refractivity contribution in [2.75, 3.05) is 0 Å². The average Bonchev–Trinajstić information content (AvgIpc) is 2.56. The van der Waals surface area contributed by atoms with Crippen LogP contribution in [0.5, 0.6) is 0 Å². The Balaban J connectivity index is 1.22. The van der Waals surface area contributed by atoms with Gasteiger partial charge in [-0.15, -0.1) is 45.3 Å². The topological polar surface area (TPSA) is 35.6 Å². The van der Waals surface area contributed by atoms with Crippen LogP contribution in [-0.4, -0.2) is 17.9 Å². The molecule has 1 aromatic carbocycles. The Hall–Kier alpha value is -2.04. The summed E-state index contributed by atoms with van der Waals surface area (Å²) in [5.41, 5.74) is 11.6. The highest BCUT2D eigenvalue weighted by Gasteiger charge is 2.32. The third-order valence-corrected chi connectivity index (χ3v) is 25.6. The molecule has 4 unspecified atom stereocenters. The van der Waals surface area contributed by atoms with Gasteiger partial charge in [-0.1, -0.05) is 306 Å². The van der Waals surface area contributed by atoms with Gasteiger partial charge >= 0.3 is 0 Å². The Kier molecular flexibility index (Phi) is 30.1. The maximum atomic E-state index is 5.44. The maximum Gasteiger partial charge on any atom is 0.116 e. The molecule has 0 fully saturated rings. The number of fused-ring (bicyclic) bond motifs is 14. The number of unbranched alkanes of at least 4 members (excludes halogenated alkanes) is 27. The van der Waals surface area contributed by atoms with Crippen LogP contribution in [0, 0.1) is 23.7 Å². The first-order valence-electron chi connectivity index (χ1n) is 36.4. The molecule has 0 saturated heterocycles. The molecule has 0 N–H and O–H groups in total. The van der Waals surface area contributed by atoms with Gasteiger partial charge in [0.05, 0.1) is 62.0 Å². The molecular weight excluding hydrogens is 1120 g/mol. The molecule has 0 aliphatic heterocycles. The second-order valence-electron chi connectivity index (χ2n) is 27.0. The van der Waals surface area contributed by atoms with Crippen LogP contribution in [0.15, 0.2) is 10.8 Å².